The zero-order valence-electron chi connectivity index (χ0n) is 6.64. The fourth-order valence-electron chi connectivity index (χ4n) is 0.922. The number of nitrogens with one attached hydrogen (secondary N) is 1. The average Bonchev–Trinajstić information content (AvgIpc) is 2.19. The zero-order chi connectivity index (χ0) is 9.10. The average molecular weight is 174 g/mol. The first-order valence-corrected chi connectivity index (χ1v) is 3.68. The summed E-state index contributed by atoms with van der Waals surface area (Å²) in [5, 5.41) is 0. The molecule has 0 spiro atoms. The van der Waals surface area contributed by atoms with Crippen LogP contribution in [0, 0.1) is 0 Å². The number of aromatic nitrogens is 4. The number of aromatic amines is 1. The Morgan fingerprint density at radius 2 is 2.08 bits per heavy atom. The lowest BCUT2D eigenvalue weighted by molar-refractivity contribution is 1.08. The molecule has 0 unspecified atom stereocenters. The maximum absolute atomic E-state index is 10.9. The van der Waals surface area contributed by atoms with E-state index in [4.69, 9.17) is 0 Å². The molecule has 0 atom stereocenters. The van der Waals surface area contributed by atoms with Gasteiger partial charge in [0, 0.05) is 24.7 Å². The SMILES string of the molecule is O=c1ccnc(-c2cnccn2)[nH]1. The summed E-state index contributed by atoms with van der Waals surface area (Å²) in [5.74, 6) is 0.431. The van der Waals surface area contributed by atoms with E-state index in [1.165, 1.54) is 18.5 Å². The third kappa shape index (κ3) is 1.58. The van der Waals surface area contributed by atoms with Gasteiger partial charge in [-0.3, -0.25) is 9.78 Å². The van der Waals surface area contributed by atoms with Crippen molar-refractivity contribution in [3.05, 3.63) is 41.2 Å². The fraction of sp³-hybridized carbons (Fsp3) is 0. The van der Waals surface area contributed by atoms with Crippen LogP contribution in [0.1, 0.15) is 0 Å². The van der Waals surface area contributed by atoms with Crippen LogP contribution in [0.15, 0.2) is 35.6 Å². The molecule has 64 valence electrons. The molecule has 0 radical (unpaired) electrons. The number of hydrogen-bond acceptors (Lipinski definition) is 4. The molecule has 2 aromatic rings. The van der Waals surface area contributed by atoms with Crippen molar-refractivity contribution in [2.75, 3.05) is 0 Å². The third-order valence-electron chi connectivity index (χ3n) is 1.48. The van der Waals surface area contributed by atoms with Crippen LogP contribution in [-0.4, -0.2) is 19.9 Å². The lowest BCUT2D eigenvalue weighted by Crippen LogP contribution is -2.06. The van der Waals surface area contributed by atoms with E-state index >= 15 is 0 Å². The molecule has 2 heterocycles. The molecule has 13 heavy (non-hydrogen) atoms. The Morgan fingerprint density at radius 1 is 1.15 bits per heavy atom. The number of H-pyrrole nitrogens is 1. The van der Waals surface area contributed by atoms with Gasteiger partial charge in [-0.1, -0.05) is 0 Å². The van der Waals surface area contributed by atoms with Crippen molar-refractivity contribution < 1.29 is 0 Å². The van der Waals surface area contributed by atoms with Crippen LogP contribution in [0.5, 0.6) is 0 Å². The van der Waals surface area contributed by atoms with Crippen molar-refractivity contribution in [3.8, 4) is 11.5 Å². The lowest BCUT2D eigenvalue weighted by atomic mass is 10.4. The summed E-state index contributed by atoms with van der Waals surface area (Å²) in [5.41, 5.74) is 0.357. The van der Waals surface area contributed by atoms with Gasteiger partial charge in [-0.05, 0) is 0 Å². The highest BCUT2D eigenvalue weighted by Gasteiger charge is 1.99. The van der Waals surface area contributed by atoms with Gasteiger partial charge in [0.2, 0.25) is 0 Å². The molecule has 5 heteroatoms. The molecule has 0 saturated carbocycles. The smallest absolute Gasteiger partial charge is 0.251 e. The zero-order valence-corrected chi connectivity index (χ0v) is 6.64. The van der Waals surface area contributed by atoms with Crippen LogP contribution in [0.4, 0.5) is 0 Å². The van der Waals surface area contributed by atoms with Crippen LogP contribution in [-0.2, 0) is 0 Å². The summed E-state index contributed by atoms with van der Waals surface area (Å²) in [6.45, 7) is 0. The Morgan fingerprint density at radius 3 is 2.77 bits per heavy atom. The molecule has 0 bridgehead atoms. The van der Waals surface area contributed by atoms with Crippen LogP contribution >= 0.6 is 0 Å². The van der Waals surface area contributed by atoms with Crippen LogP contribution < -0.4 is 5.56 Å². The van der Waals surface area contributed by atoms with Crippen molar-refractivity contribution in [3.63, 3.8) is 0 Å². The first-order valence-electron chi connectivity index (χ1n) is 3.68. The van der Waals surface area contributed by atoms with E-state index in [0.29, 0.717) is 11.5 Å². The van der Waals surface area contributed by atoms with Crippen LogP contribution in [0.25, 0.3) is 11.5 Å². The molecule has 5 nitrogen and oxygen atoms in total. The van der Waals surface area contributed by atoms with Crippen molar-refractivity contribution in [1.82, 2.24) is 19.9 Å². The van der Waals surface area contributed by atoms with Gasteiger partial charge in [0.05, 0.1) is 6.20 Å². The molecule has 0 fully saturated rings. The van der Waals surface area contributed by atoms with Gasteiger partial charge in [-0.15, -0.1) is 0 Å². The van der Waals surface area contributed by atoms with Crippen LogP contribution in [0.2, 0.25) is 0 Å². The molecule has 0 aromatic carbocycles. The number of nitrogens with zero attached hydrogens (tertiary/aromatic N) is 3. The van der Waals surface area contributed by atoms with Crippen molar-refractivity contribution in [2.24, 2.45) is 0 Å². The Balaban J connectivity index is 2.54. The molecule has 0 amide bonds. The van der Waals surface area contributed by atoms with E-state index in [9.17, 15) is 4.79 Å². The highest BCUT2D eigenvalue weighted by molar-refractivity contribution is 5.45. The van der Waals surface area contributed by atoms with Gasteiger partial charge in [0.25, 0.3) is 5.56 Å². The first-order chi connectivity index (χ1) is 6.36. The minimum atomic E-state index is -0.198. The van der Waals surface area contributed by atoms with E-state index in [1.807, 2.05) is 0 Å². The summed E-state index contributed by atoms with van der Waals surface area (Å²) < 4.78 is 0. The Kier molecular flexibility index (Phi) is 1.84. The van der Waals surface area contributed by atoms with Crippen molar-refractivity contribution in [1.29, 1.82) is 0 Å². The summed E-state index contributed by atoms with van der Waals surface area (Å²) in [4.78, 5) is 25.3. The summed E-state index contributed by atoms with van der Waals surface area (Å²) in [6.07, 6.45) is 6.08. The molecule has 2 aromatic heterocycles. The Hall–Kier alpha value is -2.04. The number of hydrogen-bond donors (Lipinski definition) is 1. The molecule has 0 aliphatic rings. The minimum Gasteiger partial charge on any atom is -0.305 e. The molecular weight excluding hydrogens is 168 g/mol. The van der Waals surface area contributed by atoms with E-state index in [1.54, 1.807) is 12.4 Å². The van der Waals surface area contributed by atoms with Gasteiger partial charge >= 0.3 is 0 Å². The minimum absolute atomic E-state index is 0.198. The molecular formula is C8H6N4O. The predicted molar refractivity (Wildman–Crippen MR) is 45.9 cm³/mol. The Bertz CT molecular complexity index is 451. The summed E-state index contributed by atoms with van der Waals surface area (Å²) in [6, 6.07) is 1.35. The second kappa shape index (κ2) is 3.14. The van der Waals surface area contributed by atoms with E-state index in [-0.39, 0.29) is 5.56 Å². The predicted octanol–water partition coefficient (Wildman–Crippen LogP) is 0.227. The van der Waals surface area contributed by atoms with E-state index in [2.05, 4.69) is 19.9 Å². The monoisotopic (exact) mass is 174 g/mol. The highest BCUT2D eigenvalue weighted by atomic mass is 16.1. The first kappa shape index (κ1) is 7.60. The highest BCUT2D eigenvalue weighted by Crippen LogP contribution is 2.04. The fourth-order valence-corrected chi connectivity index (χ4v) is 0.922. The van der Waals surface area contributed by atoms with E-state index in [0.717, 1.165) is 0 Å². The standard InChI is InChI=1S/C8H6N4O/c13-7-1-2-11-8(12-7)6-5-9-3-4-10-6/h1-5H,(H,11,12,13). The number of rotatable bonds is 1. The summed E-state index contributed by atoms with van der Waals surface area (Å²) in [7, 11) is 0. The van der Waals surface area contributed by atoms with Gasteiger partial charge in [0.1, 0.15) is 5.69 Å². The second-order valence-electron chi connectivity index (χ2n) is 2.37. The van der Waals surface area contributed by atoms with Gasteiger partial charge in [-0.25, -0.2) is 9.97 Å². The largest absolute Gasteiger partial charge is 0.305 e. The Labute approximate surface area is 73.5 Å². The topological polar surface area (TPSA) is 71.5 Å². The summed E-state index contributed by atoms with van der Waals surface area (Å²) >= 11 is 0. The molecule has 0 aliphatic carbocycles. The van der Waals surface area contributed by atoms with Gasteiger partial charge < -0.3 is 4.98 Å². The maximum atomic E-state index is 10.9. The van der Waals surface area contributed by atoms with Gasteiger partial charge in [0.15, 0.2) is 5.82 Å². The maximum Gasteiger partial charge on any atom is 0.251 e. The molecule has 2 rings (SSSR count). The lowest BCUT2D eigenvalue weighted by Gasteiger charge is -1.95. The molecule has 0 saturated heterocycles. The normalized spacial score (nSPS) is 9.85. The van der Waals surface area contributed by atoms with Crippen LogP contribution in [0.3, 0.4) is 0 Å². The second-order valence-corrected chi connectivity index (χ2v) is 2.37. The van der Waals surface area contributed by atoms with Gasteiger partial charge in [-0.2, -0.15) is 0 Å². The third-order valence-corrected chi connectivity index (χ3v) is 1.48. The van der Waals surface area contributed by atoms with Crippen molar-refractivity contribution in [2.45, 2.75) is 0 Å². The quantitative estimate of drug-likeness (QED) is 0.671. The molecule has 0 aliphatic heterocycles. The van der Waals surface area contributed by atoms with E-state index < -0.39 is 0 Å². The van der Waals surface area contributed by atoms with Crippen molar-refractivity contribution >= 4 is 0 Å². The molecule has 1 N–H and O–H groups in total.